The van der Waals surface area contributed by atoms with Gasteiger partial charge in [-0.25, -0.2) is 0 Å². The van der Waals surface area contributed by atoms with E-state index in [4.69, 9.17) is 18.9 Å². The third-order valence-electron chi connectivity index (χ3n) is 9.54. The molecule has 0 amide bonds. The standard InChI is InChI=1S/2C16H30O2/c1-5-8-16(4)10-17-15(18-11-16)14-7-6-12(2)9-13(14)3;1-5-6-16(4)10-17-15(18-11-16)14-8-12(2)7-13(3)9-14/h2*12-15H,5-11H2,1-4H3. The van der Waals surface area contributed by atoms with Crippen molar-refractivity contribution in [1.82, 2.24) is 0 Å². The Bertz CT molecular complexity index is 610. The average molecular weight is 509 g/mol. The second-order valence-electron chi connectivity index (χ2n) is 14.3. The lowest BCUT2D eigenvalue weighted by Gasteiger charge is -2.43. The summed E-state index contributed by atoms with van der Waals surface area (Å²) in [4.78, 5) is 0. The number of rotatable bonds is 6. The third-order valence-corrected chi connectivity index (χ3v) is 9.54. The molecule has 5 atom stereocenters. The van der Waals surface area contributed by atoms with Crippen molar-refractivity contribution in [3.63, 3.8) is 0 Å². The molecular formula is C32H60O4. The molecule has 212 valence electrons. The minimum Gasteiger partial charge on any atom is -0.352 e. The van der Waals surface area contributed by atoms with Crippen LogP contribution in [-0.2, 0) is 18.9 Å². The Balaban J connectivity index is 0.000000201. The lowest BCUT2D eigenvalue weighted by Crippen LogP contribution is -2.45. The second-order valence-corrected chi connectivity index (χ2v) is 14.3. The van der Waals surface area contributed by atoms with Crippen LogP contribution in [0.4, 0.5) is 0 Å². The highest BCUT2D eigenvalue weighted by atomic mass is 16.7. The van der Waals surface area contributed by atoms with Gasteiger partial charge in [0, 0.05) is 22.7 Å². The molecule has 0 N–H and O–H groups in total. The normalized spacial score (nSPS) is 46.0. The summed E-state index contributed by atoms with van der Waals surface area (Å²) in [5.74, 6) is 4.52. The monoisotopic (exact) mass is 508 g/mol. The maximum absolute atomic E-state index is 6.07. The van der Waals surface area contributed by atoms with Gasteiger partial charge in [0.25, 0.3) is 0 Å². The van der Waals surface area contributed by atoms with Gasteiger partial charge in [-0.05, 0) is 68.6 Å². The van der Waals surface area contributed by atoms with Gasteiger partial charge in [-0.2, -0.15) is 0 Å². The summed E-state index contributed by atoms with van der Waals surface area (Å²) in [7, 11) is 0. The van der Waals surface area contributed by atoms with E-state index in [0.717, 1.165) is 50.1 Å². The van der Waals surface area contributed by atoms with Crippen molar-refractivity contribution in [2.24, 2.45) is 46.3 Å². The first-order valence-corrected chi connectivity index (χ1v) is 15.5. The fraction of sp³-hybridized carbons (Fsp3) is 1.00. The summed E-state index contributed by atoms with van der Waals surface area (Å²) in [5.41, 5.74) is 0.494. The van der Waals surface area contributed by atoms with Gasteiger partial charge in [-0.1, -0.05) is 74.7 Å². The van der Waals surface area contributed by atoms with Crippen LogP contribution < -0.4 is 0 Å². The summed E-state index contributed by atoms with van der Waals surface area (Å²) in [6, 6.07) is 0. The van der Waals surface area contributed by atoms with Gasteiger partial charge in [-0.3, -0.25) is 0 Å². The maximum Gasteiger partial charge on any atom is 0.160 e. The summed E-state index contributed by atoms with van der Waals surface area (Å²) in [5, 5.41) is 0. The number of ether oxygens (including phenoxy) is 4. The second kappa shape index (κ2) is 13.8. The van der Waals surface area contributed by atoms with Gasteiger partial charge < -0.3 is 18.9 Å². The van der Waals surface area contributed by atoms with Crippen molar-refractivity contribution >= 4 is 0 Å². The van der Waals surface area contributed by atoms with E-state index in [0.29, 0.717) is 11.8 Å². The van der Waals surface area contributed by atoms with Gasteiger partial charge >= 0.3 is 0 Å². The molecule has 2 saturated carbocycles. The Morgan fingerprint density at radius 3 is 1.50 bits per heavy atom. The summed E-state index contributed by atoms with van der Waals surface area (Å²) < 4.78 is 24.3. The molecule has 2 heterocycles. The summed E-state index contributed by atoms with van der Waals surface area (Å²) >= 11 is 0. The molecule has 4 nitrogen and oxygen atoms in total. The lowest BCUT2D eigenvalue weighted by atomic mass is 9.75. The van der Waals surface area contributed by atoms with E-state index in [9.17, 15) is 0 Å². The predicted octanol–water partition coefficient (Wildman–Crippen LogP) is 8.48. The van der Waals surface area contributed by atoms with Gasteiger partial charge in [0.2, 0.25) is 0 Å². The highest BCUT2D eigenvalue weighted by Gasteiger charge is 2.40. The molecule has 0 aromatic heterocycles. The summed E-state index contributed by atoms with van der Waals surface area (Å²) in [6.45, 7) is 22.0. The molecule has 0 aromatic rings. The van der Waals surface area contributed by atoms with Crippen LogP contribution in [0.15, 0.2) is 0 Å². The van der Waals surface area contributed by atoms with E-state index in [1.54, 1.807) is 0 Å². The molecule has 2 saturated heterocycles. The molecule has 4 fully saturated rings. The van der Waals surface area contributed by atoms with Crippen molar-refractivity contribution in [2.45, 2.75) is 132 Å². The molecule has 4 heteroatoms. The zero-order chi connectivity index (χ0) is 26.3. The predicted molar refractivity (Wildman–Crippen MR) is 149 cm³/mol. The van der Waals surface area contributed by atoms with E-state index >= 15 is 0 Å². The topological polar surface area (TPSA) is 36.9 Å². The van der Waals surface area contributed by atoms with E-state index < -0.39 is 0 Å². The lowest BCUT2D eigenvalue weighted by molar-refractivity contribution is -0.258. The van der Waals surface area contributed by atoms with Gasteiger partial charge in [-0.15, -0.1) is 0 Å². The number of hydrogen-bond donors (Lipinski definition) is 0. The van der Waals surface area contributed by atoms with Crippen LogP contribution in [0.5, 0.6) is 0 Å². The third kappa shape index (κ3) is 8.68. The van der Waals surface area contributed by atoms with Crippen LogP contribution in [0.2, 0.25) is 0 Å². The van der Waals surface area contributed by atoms with Crippen molar-refractivity contribution in [1.29, 1.82) is 0 Å². The van der Waals surface area contributed by atoms with E-state index in [2.05, 4.69) is 55.4 Å². The van der Waals surface area contributed by atoms with Crippen LogP contribution >= 0.6 is 0 Å². The Labute approximate surface area is 223 Å². The van der Waals surface area contributed by atoms with Crippen molar-refractivity contribution in [2.75, 3.05) is 26.4 Å². The van der Waals surface area contributed by atoms with E-state index in [1.807, 2.05) is 0 Å². The van der Waals surface area contributed by atoms with Crippen LogP contribution in [0.3, 0.4) is 0 Å². The Hall–Kier alpha value is -0.160. The molecule has 0 spiro atoms. The van der Waals surface area contributed by atoms with Crippen molar-refractivity contribution < 1.29 is 18.9 Å². The minimum atomic E-state index is 0.0671. The smallest absolute Gasteiger partial charge is 0.160 e. The molecular weight excluding hydrogens is 448 g/mol. The van der Waals surface area contributed by atoms with E-state index in [1.165, 1.54) is 64.2 Å². The molecule has 4 rings (SSSR count). The van der Waals surface area contributed by atoms with Gasteiger partial charge in [0.05, 0.1) is 26.4 Å². The van der Waals surface area contributed by atoms with Crippen LogP contribution in [-0.4, -0.2) is 39.0 Å². The summed E-state index contributed by atoms with van der Waals surface area (Å²) in [6.07, 6.45) is 12.8. The van der Waals surface area contributed by atoms with Crippen LogP contribution in [0.1, 0.15) is 120 Å². The van der Waals surface area contributed by atoms with Crippen LogP contribution in [0, 0.1) is 46.3 Å². The van der Waals surface area contributed by atoms with Crippen LogP contribution in [0.25, 0.3) is 0 Å². The molecule has 0 aromatic carbocycles. The Kier molecular flexibility index (Phi) is 11.6. The fourth-order valence-corrected chi connectivity index (χ4v) is 7.65. The zero-order valence-corrected chi connectivity index (χ0v) is 25.2. The number of hydrogen-bond acceptors (Lipinski definition) is 4. The largest absolute Gasteiger partial charge is 0.352 e. The fourth-order valence-electron chi connectivity index (χ4n) is 7.65. The van der Waals surface area contributed by atoms with E-state index in [-0.39, 0.29) is 23.4 Å². The first kappa shape index (κ1) is 30.4. The molecule has 4 aliphatic rings. The minimum absolute atomic E-state index is 0.0671. The molecule has 2 aliphatic carbocycles. The Morgan fingerprint density at radius 1 is 0.583 bits per heavy atom. The van der Waals surface area contributed by atoms with Crippen molar-refractivity contribution in [3.8, 4) is 0 Å². The van der Waals surface area contributed by atoms with Gasteiger partial charge in [0.1, 0.15) is 0 Å². The quantitative estimate of drug-likeness (QED) is 0.360. The molecule has 5 unspecified atom stereocenters. The Morgan fingerprint density at radius 2 is 1.06 bits per heavy atom. The SMILES string of the molecule is CCCC1(C)COC(C2CC(C)CC(C)C2)OC1.CCCC1(C)COC(C2CCC(C)CC2C)OC1. The molecule has 0 bridgehead atoms. The van der Waals surface area contributed by atoms with Gasteiger partial charge in [0.15, 0.2) is 12.6 Å². The highest BCUT2D eigenvalue weighted by Crippen LogP contribution is 2.41. The molecule has 0 radical (unpaired) electrons. The highest BCUT2D eigenvalue weighted by molar-refractivity contribution is 4.84. The van der Waals surface area contributed by atoms with Crippen molar-refractivity contribution in [3.05, 3.63) is 0 Å². The first-order chi connectivity index (χ1) is 17.1. The average Bonchev–Trinajstić information content (AvgIpc) is 2.80. The first-order valence-electron chi connectivity index (χ1n) is 15.5. The molecule has 36 heavy (non-hydrogen) atoms. The zero-order valence-electron chi connectivity index (χ0n) is 25.2. The molecule has 2 aliphatic heterocycles. The maximum atomic E-state index is 6.07.